The van der Waals surface area contributed by atoms with E-state index in [1.54, 1.807) is 55.7 Å². The van der Waals surface area contributed by atoms with Crippen molar-refractivity contribution in [1.29, 1.82) is 0 Å². The summed E-state index contributed by atoms with van der Waals surface area (Å²) >= 11 is 24.8. The zero-order valence-corrected chi connectivity index (χ0v) is 23.3. The Kier molecular flexibility index (Phi) is 8.79. The minimum absolute atomic E-state index is 0.119. The number of nitrogens with zero attached hydrogens (tertiary/aromatic N) is 2. The third-order valence-corrected chi connectivity index (χ3v) is 6.97. The van der Waals surface area contributed by atoms with Gasteiger partial charge >= 0.3 is 5.97 Å². The molecule has 1 aliphatic heterocycles. The van der Waals surface area contributed by atoms with Crippen LogP contribution in [0.3, 0.4) is 0 Å². The Labute approximate surface area is 240 Å². The first-order chi connectivity index (χ1) is 18.2. The number of ether oxygens (including phenoxy) is 3. The molecular formula is C27H21Cl3N2O5S. The number of thiocarbonyl (C=S) groups is 1. The highest BCUT2D eigenvalue weighted by Crippen LogP contribution is 2.37. The van der Waals surface area contributed by atoms with Gasteiger partial charge in [-0.25, -0.2) is 0 Å². The Morgan fingerprint density at radius 2 is 1.63 bits per heavy atom. The van der Waals surface area contributed by atoms with Gasteiger partial charge in [-0.3, -0.25) is 14.5 Å². The van der Waals surface area contributed by atoms with Crippen LogP contribution in [0.25, 0.3) is 6.08 Å². The normalized spacial score (nSPS) is 14.3. The molecule has 196 valence electrons. The Hall–Kier alpha value is -3.30. The fourth-order valence-electron chi connectivity index (χ4n) is 3.71. The predicted molar refractivity (Wildman–Crippen MR) is 152 cm³/mol. The van der Waals surface area contributed by atoms with Crippen molar-refractivity contribution < 1.29 is 23.8 Å². The topological polar surface area (TPSA) is 68.3 Å². The molecular weight excluding hydrogens is 571 g/mol. The van der Waals surface area contributed by atoms with Gasteiger partial charge in [-0.15, -0.1) is 0 Å². The van der Waals surface area contributed by atoms with Crippen molar-refractivity contribution >= 4 is 75.8 Å². The van der Waals surface area contributed by atoms with Gasteiger partial charge in [-0.2, -0.15) is 0 Å². The fraction of sp³-hybridized carbons (Fsp3) is 0.148. The quantitative estimate of drug-likeness (QED) is 0.171. The number of hydrogen-bond donors (Lipinski definition) is 0. The van der Waals surface area contributed by atoms with Crippen molar-refractivity contribution in [2.45, 2.75) is 6.61 Å². The number of halogens is 3. The van der Waals surface area contributed by atoms with E-state index < -0.39 is 11.9 Å². The smallest absolute Gasteiger partial charge is 0.325 e. The maximum absolute atomic E-state index is 13.5. The first-order valence-electron chi connectivity index (χ1n) is 11.2. The number of hydrogen-bond acceptors (Lipinski definition) is 6. The van der Waals surface area contributed by atoms with Gasteiger partial charge in [-0.05, 0) is 66.3 Å². The number of anilines is 1. The molecule has 4 rings (SSSR count). The zero-order valence-electron chi connectivity index (χ0n) is 20.2. The SMILES string of the molecule is COC(=O)CN1C(=S)N(c2ccc(OC)cc2)C(=O)/C1=C/c1cc(Cl)c(OCc2ccccc2Cl)c(Cl)c1. The average molecular weight is 592 g/mol. The summed E-state index contributed by atoms with van der Waals surface area (Å²) in [5, 5.41) is 1.14. The van der Waals surface area contributed by atoms with Crippen LogP contribution in [-0.4, -0.2) is 42.7 Å². The lowest BCUT2D eigenvalue weighted by atomic mass is 10.1. The van der Waals surface area contributed by atoms with E-state index in [4.69, 9.17) is 61.2 Å². The second-order valence-electron chi connectivity index (χ2n) is 8.01. The summed E-state index contributed by atoms with van der Waals surface area (Å²) in [6.07, 6.45) is 1.55. The fourth-order valence-corrected chi connectivity index (χ4v) is 4.86. The number of esters is 1. The molecule has 11 heteroatoms. The number of rotatable bonds is 8. The van der Waals surface area contributed by atoms with Crippen molar-refractivity contribution in [3.05, 3.63) is 92.6 Å². The molecule has 0 saturated carbocycles. The zero-order chi connectivity index (χ0) is 27.4. The van der Waals surface area contributed by atoms with Gasteiger partial charge < -0.3 is 19.1 Å². The first-order valence-corrected chi connectivity index (χ1v) is 12.7. The summed E-state index contributed by atoms with van der Waals surface area (Å²) in [7, 11) is 2.80. The molecule has 1 amide bonds. The number of carbonyl (C=O) groups excluding carboxylic acids is 2. The van der Waals surface area contributed by atoms with Gasteiger partial charge in [-0.1, -0.05) is 53.0 Å². The molecule has 0 atom stereocenters. The number of methoxy groups -OCH3 is 2. The summed E-state index contributed by atoms with van der Waals surface area (Å²) in [5.41, 5.74) is 1.93. The number of carbonyl (C=O) groups is 2. The van der Waals surface area contributed by atoms with E-state index >= 15 is 0 Å². The summed E-state index contributed by atoms with van der Waals surface area (Å²) < 4.78 is 15.8. The van der Waals surface area contributed by atoms with Gasteiger partial charge in [0.1, 0.15) is 24.6 Å². The van der Waals surface area contributed by atoms with Crippen molar-refractivity contribution in [3.8, 4) is 11.5 Å². The molecule has 0 bridgehead atoms. The van der Waals surface area contributed by atoms with Crippen molar-refractivity contribution in [2.24, 2.45) is 0 Å². The van der Waals surface area contributed by atoms with E-state index in [9.17, 15) is 9.59 Å². The van der Waals surface area contributed by atoms with E-state index in [2.05, 4.69) is 0 Å². The minimum atomic E-state index is -0.568. The summed E-state index contributed by atoms with van der Waals surface area (Å²) in [6.45, 7) is -0.101. The van der Waals surface area contributed by atoms with E-state index in [1.807, 2.05) is 18.2 Å². The van der Waals surface area contributed by atoms with Gasteiger partial charge in [0, 0.05) is 10.6 Å². The van der Waals surface area contributed by atoms with Crippen LogP contribution in [0.15, 0.2) is 66.4 Å². The third-order valence-electron chi connectivity index (χ3n) is 5.63. The second-order valence-corrected chi connectivity index (χ2v) is 9.59. The Morgan fingerprint density at radius 3 is 2.24 bits per heavy atom. The van der Waals surface area contributed by atoms with Crippen LogP contribution in [0.1, 0.15) is 11.1 Å². The Morgan fingerprint density at radius 1 is 0.974 bits per heavy atom. The average Bonchev–Trinajstić information content (AvgIpc) is 3.12. The molecule has 1 saturated heterocycles. The Bertz CT molecular complexity index is 1410. The molecule has 1 fully saturated rings. The van der Waals surface area contributed by atoms with Crippen LogP contribution in [-0.2, 0) is 20.9 Å². The molecule has 0 aromatic heterocycles. The molecule has 0 aliphatic carbocycles. The summed E-state index contributed by atoms with van der Waals surface area (Å²) in [4.78, 5) is 28.4. The highest BCUT2D eigenvalue weighted by atomic mass is 35.5. The molecule has 3 aromatic rings. The van der Waals surface area contributed by atoms with Crippen LogP contribution >= 0.6 is 47.0 Å². The van der Waals surface area contributed by atoms with Crippen molar-refractivity contribution in [1.82, 2.24) is 4.90 Å². The Balaban J connectivity index is 1.66. The minimum Gasteiger partial charge on any atom is -0.497 e. The molecule has 0 unspecified atom stereocenters. The predicted octanol–water partition coefficient (Wildman–Crippen LogP) is 6.38. The van der Waals surface area contributed by atoms with Gasteiger partial charge in [0.2, 0.25) is 0 Å². The van der Waals surface area contributed by atoms with Gasteiger partial charge in [0.15, 0.2) is 10.9 Å². The maximum atomic E-state index is 13.5. The lowest BCUT2D eigenvalue weighted by Gasteiger charge is -2.19. The first kappa shape index (κ1) is 27.7. The van der Waals surface area contributed by atoms with Crippen LogP contribution in [0.4, 0.5) is 5.69 Å². The molecule has 0 radical (unpaired) electrons. The number of amides is 1. The standard InChI is InChI=1S/C27H21Cl3N2O5S/c1-35-19-9-7-18(8-10-19)32-26(34)23(31(27(32)38)14-24(33)36-2)13-16-11-21(29)25(22(30)12-16)37-15-17-5-3-4-6-20(17)28/h3-13H,14-15H2,1-2H3/b23-13-. The molecule has 1 heterocycles. The van der Waals surface area contributed by atoms with Gasteiger partial charge in [0.25, 0.3) is 5.91 Å². The molecule has 7 nitrogen and oxygen atoms in total. The largest absolute Gasteiger partial charge is 0.497 e. The third kappa shape index (κ3) is 5.89. The van der Waals surface area contributed by atoms with Gasteiger partial charge in [0.05, 0.1) is 30.0 Å². The lowest BCUT2D eigenvalue weighted by molar-refractivity contribution is -0.140. The summed E-state index contributed by atoms with van der Waals surface area (Å²) in [5.74, 6) is -0.109. The molecule has 0 N–H and O–H groups in total. The van der Waals surface area contributed by atoms with E-state index in [0.29, 0.717) is 22.0 Å². The highest BCUT2D eigenvalue weighted by molar-refractivity contribution is 7.80. The second kappa shape index (κ2) is 12.0. The van der Waals surface area contributed by atoms with Crippen molar-refractivity contribution in [3.63, 3.8) is 0 Å². The highest BCUT2D eigenvalue weighted by Gasteiger charge is 2.40. The van der Waals surface area contributed by atoms with Crippen LogP contribution in [0.2, 0.25) is 15.1 Å². The number of benzene rings is 3. The van der Waals surface area contributed by atoms with E-state index in [0.717, 1.165) is 5.56 Å². The molecule has 38 heavy (non-hydrogen) atoms. The van der Waals surface area contributed by atoms with Crippen LogP contribution < -0.4 is 14.4 Å². The van der Waals surface area contributed by atoms with Crippen molar-refractivity contribution in [2.75, 3.05) is 25.7 Å². The van der Waals surface area contributed by atoms with E-state index in [-0.39, 0.29) is 39.8 Å². The van der Waals surface area contributed by atoms with Crippen LogP contribution in [0.5, 0.6) is 11.5 Å². The summed E-state index contributed by atoms with van der Waals surface area (Å²) in [6, 6.07) is 17.3. The van der Waals surface area contributed by atoms with Crippen LogP contribution in [0, 0.1) is 0 Å². The monoisotopic (exact) mass is 590 g/mol. The van der Waals surface area contributed by atoms with E-state index in [1.165, 1.54) is 16.9 Å². The maximum Gasteiger partial charge on any atom is 0.325 e. The molecule has 1 aliphatic rings. The molecule has 0 spiro atoms. The lowest BCUT2D eigenvalue weighted by Crippen LogP contribution is -2.35. The molecule has 3 aromatic carbocycles.